The Kier molecular flexibility index (Phi) is 5.11. The molecule has 1 N–H and O–H groups in total. The summed E-state index contributed by atoms with van der Waals surface area (Å²) in [6.07, 6.45) is 0. The minimum absolute atomic E-state index is 0.254. The quantitative estimate of drug-likeness (QED) is 0.847. The van der Waals surface area contributed by atoms with Gasteiger partial charge in [-0.15, -0.1) is 0 Å². The highest BCUT2D eigenvalue weighted by Crippen LogP contribution is 2.19. The van der Waals surface area contributed by atoms with Crippen molar-refractivity contribution in [2.75, 3.05) is 20.2 Å². The number of nitrogens with zero attached hydrogens (tertiary/aromatic N) is 1. The molecule has 1 aromatic carbocycles. The normalized spacial score (nSPS) is 11.9. The fourth-order valence-electron chi connectivity index (χ4n) is 1.89. The van der Waals surface area contributed by atoms with E-state index in [4.69, 9.17) is 4.74 Å². The van der Waals surface area contributed by atoms with Crippen LogP contribution in [0.1, 0.15) is 26.3 Å². The average molecular weight is 255 g/mol. The van der Waals surface area contributed by atoms with E-state index in [0.717, 1.165) is 12.1 Å². The molecule has 0 heterocycles. The van der Waals surface area contributed by atoms with Gasteiger partial charge in [-0.05, 0) is 38.1 Å². The summed E-state index contributed by atoms with van der Waals surface area (Å²) in [5.74, 6) is -0.0985. The zero-order valence-corrected chi connectivity index (χ0v) is 11.5. The number of halogens is 1. The molecule has 0 radical (unpaired) electrons. The predicted molar refractivity (Wildman–Crippen MR) is 70.2 cm³/mol. The number of methoxy groups -OCH3 is 1. The molecule has 0 saturated heterocycles. The minimum atomic E-state index is -0.749. The van der Waals surface area contributed by atoms with Gasteiger partial charge in [0.25, 0.3) is 0 Å². The molecule has 4 heteroatoms. The number of aliphatic hydroxyl groups is 1. The summed E-state index contributed by atoms with van der Waals surface area (Å²) >= 11 is 0. The molecular formula is C14H22FNO2. The summed E-state index contributed by atoms with van der Waals surface area (Å²) in [6.45, 7) is 7.52. The lowest BCUT2D eigenvalue weighted by Crippen LogP contribution is -2.38. The highest BCUT2D eigenvalue weighted by Gasteiger charge is 2.17. The van der Waals surface area contributed by atoms with Crippen molar-refractivity contribution in [3.05, 3.63) is 29.6 Å². The zero-order valence-electron chi connectivity index (χ0n) is 11.5. The van der Waals surface area contributed by atoms with Gasteiger partial charge in [0.2, 0.25) is 0 Å². The molecule has 0 unspecified atom stereocenters. The first-order valence-electron chi connectivity index (χ1n) is 6.13. The highest BCUT2D eigenvalue weighted by molar-refractivity contribution is 5.29. The van der Waals surface area contributed by atoms with E-state index in [1.54, 1.807) is 19.9 Å². The number of rotatable bonds is 6. The van der Waals surface area contributed by atoms with E-state index in [-0.39, 0.29) is 11.6 Å². The van der Waals surface area contributed by atoms with E-state index in [0.29, 0.717) is 13.1 Å². The molecule has 0 fully saturated rings. The molecular weight excluding hydrogens is 233 g/mol. The van der Waals surface area contributed by atoms with Gasteiger partial charge < -0.3 is 9.84 Å². The summed E-state index contributed by atoms with van der Waals surface area (Å²) in [5, 5.41) is 9.80. The van der Waals surface area contributed by atoms with E-state index < -0.39 is 5.60 Å². The van der Waals surface area contributed by atoms with Gasteiger partial charge in [0.15, 0.2) is 11.6 Å². The van der Waals surface area contributed by atoms with Crippen molar-refractivity contribution in [3.8, 4) is 5.75 Å². The minimum Gasteiger partial charge on any atom is -0.494 e. The Bertz CT molecular complexity index is 388. The molecule has 0 amide bonds. The van der Waals surface area contributed by atoms with E-state index >= 15 is 0 Å². The summed E-state index contributed by atoms with van der Waals surface area (Å²) in [7, 11) is 1.45. The van der Waals surface area contributed by atoms with Gasteiger partial charge >= 0.3 is 0 Å². The lowest BCUT2D eigenvalue weighted by molar-refractivity contribution is 0.0353. The molecule has 0 saturated carbocycles. The van der Waals surface area contributed by atoms with Crippen LogP contribution in [0.5, 0.6) is 5.75 Å². The van der Waals surface area contributed by atoms with E-state index in [1.807, 2.05) is 13.0 Å². The van der Waals surface area contributed by atoms with Crippen molar-refractivity contribution < 1.29 is 14.2 Å². The molecule has 0 atom stereocenters. The second-order valence-electron chi connectivity index (χ2n) is 5.08. The molecule has 0 aromatic heterocycles. The molecule has 0 spiro atoms. The first kappa shape index (κ1) is 14.9. The molecule has 0 aliphatic heterocycles. The molecule has 1 rings (SSSR count). The number of hydrogen-bond acceptors (Lipinski definition) is 3. The third-order valence-corrected chi connectivity index (χ3v) is 2.68. The first-order chi connectivity index (χ1) is 8.35. The topological polar surface area (TPSA) is 32.7 Å². The molecule has 3 nitrogen and oxygen atoms in total. The van der Waals surface area contributed by atoms with Crippen molar-refractivity contribution in [1.29, 1.82) is 0 Å². The second-order valence-corrected chi connectivity index (χ2v) is 5.08. The van der Waals surface area contributed by atoms with Crippen molar-refractivity contribution in [3.63, 3.8) is 0 Å². The van der Waals surface area contributed by atoms with E-state index in [9.17, 15) is 9.50 Å². The highest BCUT2D eigenvalue weighted by atomic mass is 19.1. The second kappa shape index (κ2) is 6.16. The van der Waals surface area contributed by atoms with E-state index in [2.05, 4.69) is 4.90 Å². The van der Waals surface area contributed by atoms with Gasteiger partial charge in [-0.2, -0.15) is 0 Å². The zero-order chi connectivity index (χ0) is 13.8. The predicted octanol–water partition coefficient (Wildman–Crippen LogP) is 2.43. The molecule has 18 heavy (non-hydrogen) atoms. The SMILES string of the molecule is CCN(Cc1ccc(OC)c(F)c1)CC(C)(C)O. The Morgan fingerprint density at radius 2 is 2.06 bits per heavy atom. The van der Waals surface area contributed by atoms with Gasteiger partial charge in [0.05, 0.1) is 12.7 Å². The van der Waals surface area contributed by atoms with Crippen LogP contribution in [0.3, 0.4) is 0 Å². The maximum atomic E-state index is 13.5. The summed E-state index contributed by atoms with van der Waals surface area (Å²) < 4.78 is 18.4. The van der Waals surface area contributed by atoms with Crippen LogP contribution in [-0.2, 0) is 6.54 Å². The first-order valence-corrected chi connectivity index (χ1v) is 6.13. The maximum absolute atomic E-state index is 13.5. The number of hydrogen-bond donors (Lipinski definition) is 1. The van der Waals surface area contributed by atoms with Crippen molar-refractivity contribution in [1.82, 2.24) is 4.90 Å². The Morgan fingerprint density at radius 1 is 1.39 bits per heavy atom. The molecule has 0 aliphatic rings. The largest absolute Gasteiger partial charge is 0.494 e. The summed E-state index contributed by atoms with van der Waals surface area (Å²) in [4.78, 5) is 2.07. The fraction of sp³-hybridized carbons (Fsp3) is 0.571. The van der Waals surface area contributed by atoms with Crippen molar-refractivity contribution in [2.45, 2.75) is 32.9 Å². The van der Waals surface area contributed by atoms with Crippen LogP contribution in [0.15, 0.2) is 18.2 Å². The van der Waals surface area contributed by atoms with Crippen LogP contribution in [0.2, 0.25) is 0 Å². The maximum Gasteiger partial charge on any atom is 0.165 e. The third-order valence-electron chi connectivity index (χ3n) is 2.68. The summed E-state index contributed by atoms with van der Waals surface area (Å²) in [6, 6.07) is 4.95. The molecule has 0 bridgehead atoms. The number of ether oxygens (including phenoxy) is 1. The lowest BCUT2D eigenvalue weighted by atomic mass is 10.1. The van der Waals surface area contributed by atoms with Gasteiger partial charge in [-0.3, -0.25) is 4.90 Å². The third kappa shape index (κ3) is 4.63. The Balaban J connectivity index is 2.73. The van der Waals surface area contributed by atoms with Gasteiger partial charge in [-0.1, -0.05) is 13.0 Å². The Morgan fingerprint density at radius 3 is 2.50 bits per heavy atom. The Hall–Kier alpha value is -1.13. The van der Waals surface area contributed by atoms with Crippen LogP contribution < -0.4 is 4.74 Å². The van der Waals surface area contributed by atoms with Crippen LogP contribution in [-0.4, -0.2) is 35.8 Å². The monoisotopic (exact) mass is 255 g/mol. The van der Waals surface area contributed by atoms with Crippen LogP contribution in [0.25, 0.3) is 0 Å². The van der Waals surface area contributed by atoms with Crippen LogP contribution in [0, 0.1) is 5.82 Å². The van der Waals surface area contributed by atoms with Gasteiger partial charge in [0.1, 0.15) is 0 Å². The van der Waals surface area contributed by atoms with Crippen molar-refractivity contribution >= 4 is 0 Å². The van der Waals surface area contributed by atoms with Gasteiger partial charge in [-0.25, -0.2) is 4.39 Å². The number of benzene rings is 1. The molecule has 102 valence electrons. The smallest absolute Gasteiger partial charge is 0.165 e. The van der Waals surface area contributed by atoms with E-state index in [1.165, 1.54) is 13.2 Å². The Labute approximate surface area is 108 Å². The van der Waals surface area contributed by atoms with Gasteiger partial charge in [0, 0.05) is 13.1 Å². The fourth-order valence-corrected chi connectivity index (χ4v) is 1.89. The number of likely N-dealkylation sites (N-methyl/N-ethyl adjacent to an activating group) is 1. The van der Waals surface area contributed by atoms with Crippen molar-refractivity contribution in [2.24, 2.45) is 0 Å². The lowest BCUT2D eigenvalue weighted by Gasteiger charge is -2.28. The molecule has 1 aromatic rings. The average Bonchev–Trinajstić information content (AvgIpc) is 2.26. The van der Waals surface area contributed by atoms with Crippen LogP contribution >= 0.6 is 0 Å². The molecule has 0 aliphatic carbocycles. The standard InChI is InChI=1S/C14H22FNO2/c1-5-16(10-14(2,3)17)9-11-6-7-13(18-4)12(15)8-11/h6-8,17H,5,9-10H2,1-4H3. The van der Waals surface area contributed by atoms with Crippen LogP contribution in [0.4, 0.5) is 4.39 Å². The summed E-state index contributed by atoms with van der Waals surface area (Å²) in [5.41, 5.74) is 0.125.